The molecule has 2 aromatic rings. The molecular weight excluding hydrogens is 330 g/mol. The van der Waals surface area contributed by atoms with Gasteiger partial charge in [-0.2, -0.15) is 13.2 Å². The summed E-state index contributed by atoms with van der Waals surface area (Å²) in [6.45, 7) is 4.25. The molecule has 0 spiro atoms. The predicted octanol–water partition coefficient (Wildman–Crippen LogP) is 3.28. The lowest BCUT2D eigenvalue weighted by molar-refractivity contribution is -0.141. The van der Waals surface area contributed by atoms with E-state index in [0.29, 0.717) is 6.20 Å². The van der Waals surface area contributed by atoms with E-state index in [0.717, 1.165) is 12.3 Å². The molecule has 1 amide bonds. The highest BCUT2D eigenvalue weighted by Gasteiger charge is 2.34. The summed E-state index contributed by atoms with van der Waals surface area (Å²) in [6.07, 6.45) is -2.21. The Hall–Kier alpha value is -2.78. The number of nitrogens with zero attached hydrogens (tertiary/aromatic N) is 3. The highest BCUT2D eigenvalue weighted by molar-refractivity contribution is 6.05. The van der Waals surface area contributed by atoms with Crippen molar-refractivity contribution in [3.05, 3.63) is 41.7 Å². The molecule has 0 aliphatic rings. The van der Waals surface area contributed by atoms with Crippen LogP contribution < -0.4 is 11.1 Å². The van der Waals surface area contributed by atoms with E-state index < -0.39 is 35.1 Å². The lowest BCUT2D eigenvalue weighted by Gasteiger charge is -2.09. The molecule has 130 valence electrons. The third kappa shape index (κ3) is 5.45. The molecule has 24 heavy (non-hydrogen) atoms. The minimum absolute atomic E-state index is 0.0116. The van der Waals surface area contributed by atoms with Crippen molar-refractivity contribution in [2.75, 3.05) is 11.1 Å². The largest absolute Gasteiger partial charge is 0.434 e. The fraction of sp³-hybridized carbons (Fsp3) is 0.286. The van der Waals surface area contributed by atoms with Crippen LogP contribution in [0.15, 0.2) is 24.5 Å². The molecule has 0 aliphatic carbocycles. The van der Waals surface area contributed by atoms with Gasteiger partial charge in [-0.1, -0.05) is 20.3 Å². The Balaban J connectivity index is 0.000000891. The van der Waals surface area contributed by atoms with Crippen molar-refractivity contribution in [2.45, 2.75) is 26.4 Å². The van der Waals surface area contributed by atoms with Gasteiger partial charge in [0.1, 0.15) is 11.6 Å². The van der Waals surface area contributed by atoms with Gasteiger partial charge in [0, 0.05) is 0 Å². The van der Waals surface area contributed by atoms with Gasteiger partial charge in [0.15, 0.2) is 17.2 Å². The van der Waals surface area contributed by atoms with Crippen LogP contribution in [0.3, 0.4) is 0 Å². The minimum atomic E-state index is -4.71. The van der Waals surface area contributed by atoms with Crippen LogP contribution in [-0.2, 0) is 6.18 Å². The number of aromatic nitrogens is 3. The summed E-state index contributed by atoms with van der Waals surface area (Å²) in [6, 6.07) is 2.21. The van der Waals surface area contributed by atoms with E-state index in [1.807, 2.05) is 0 Å². The zero-order chi connectivity index (χ0) is 18.3. The Morgan fingerprint density at radius 2 is 1.83 bits per heavy atom. The molecule has 0 atom stereocenters. The van der Waals surface area contributed by atoms with Crippen molar-refractivity contribution < 1.29 is 22.4 Å². The lowest BCUT2D eigenvalue weighted by Crippen LogP contribution is -2.19. The quantitative estimate of drug-likeness (QED) is 0.815. The van der Waals surface area contributed by atoms with Crippen molar-refractivity contribution >= 4 is 17.5 Å². The molecule has 2 rings (SSSR count). The third-order valence-corrected chi connectivity index (χ3v) is 2.27. The summed E-state index contributed by atoms with van der Waals surface area (Å²) in [7, 11) is 0. The smallest absolute Gasteiger partial charge is 0.382 e. The van der Waals surface area contributed by atoms with E-state index in [1.165, 1.54) is 12.5 Å². The molecule has 0 aliphatic heterocycles. The Morgan fingerprint density at radius 3 is 2.29 bits per heavy atom. The van der Waals surface area contributed by atoms with Gasteiger partial charge >= 0.3 is 6.18 Å². The van der Waals surface area contributed by atoms with Crippen LogP contribution in [0.4, 0.5) is 29.2 Å². The maximum absolute atomic E-state index is 12.6. The molecule has 3 N–H and O–H groups in total. The number of hydrogen-bond donors (Lipinski definition) is 2. The number of anilines is 2. The maximum Gasteiger partial charge on any atom is 0.434 e. The second-order valence-electron chi connectivity index (χ2n) is 4.51. The fourth-order valence-corrected chi connectivity index (χ4v) is 1.34. The van der Waals surface area contributed by atoms with E-state index in [9.17, 15) is 22.4 Å². The molecule has 0 fully saturated rings. The van der Waals surface area contributed by atoms with Crippen LogP contribution in [0, 0.1) is 5.82 Å². The van der Waals surface area contributed by atoms with Gasteiger partial charge in [0.2, 0.25) is 0 Å². The highest BCUT2D eigenvalue weighted by Crippen LogP contribution is 2.27. The SMILES string of the molecule is CCC.Nc1nc(C(F)(F)F)cnc1C(=O)Nc1ccc(F)cn1. The van der Waals surface area contributed by atoms with Gasteiger partial charge in [-0.3, -0.25) is 4.79 Å². The Morgan fingerprint density at radius 1 is 1.21 bits per heavy atom. The van der Waals surface area contributed by atoms with Crippen molar-refractivity contribution in [1.82, 2.24) is 15.0 Å². The lowest BCUT2D eigenvalue weighted by atomic mass is 10.3. The number of alkyl halides is 3. The van der Waals surface area contributed by atoms with Gasteiger partial charge in [0.25, 0.3) is 5.91 Å². The summed E-state index contributed by atoms with van der Waals surface area (Å²) >= 11 is 0. The molecule has 10 heteroatoms. The second-order valence-corrected chi connectivity index (χ2v) is 4.51. The number of halogens is 4. The number of nitrogen functional groups attached to an aromatic ring is 1. The van der Waals surface area contributed by atoms with E-state index in [-0.39, 0.29) is 5.82 Å². The Kier molecular flexibility index (Phi) is 6.57. The first-order valence-corrected chi connectivity index (χ1v) is 6.81. The summed E-state index contributed by atoms with van der Waals surface area (Å²) in [5.74, 6) is -2.21. The first-order chi connectivity index (χ1) is 11.2. The molecular formula is C14H15F4N5O. The van der Waals surface area contributed by atoms with Crippen molar-refractivity contribution in [2.24, 2.45) is 0 Å². The van der Waals surface area contributed by atoms with Crippen molar-refractivity contribution in [1.29, 1.82) is 0 Å². The molecule has 2 heterocycles. The second kappa shape index (κ2) is 8.18. The fourth-order valence-electron chi connectivity index (χ4n) is 1.34. The molecule has 2 aromatic heterocycles. The average Bonchev–Trinajstić information content (AvgIpc) is 2.49. The number of amides is 1. The number of hydrogen-bond acceptors (Lipinski definition) is 5. The zero-order valence-electron chi connectivity index (χ0n) is 12.9. The molecule has 0 bridgehead atoms. The topological polar surface area (TPSA) is 93.8 Å². The van der Waals surface area contributed by atoms with Crippen LogP contribution in [0.2, 0.25) is 0 Å². The number of carbonyl (C=O) groups excluding carboxylic acids is 1. The van der Waals surface area contributed by atoms with Crippen LogP contribution in [0.1, 0.15) is 36.5 Å². The van der Waals surface area contributed by atoms with E-state index in [2.05, 4.69) is 34.1 Å². The van der Waals surface area contributed by atoms with Gasteiger partial charge < -0.3 is 11.1 Å². The normalized spacial score (nSPS) is 10.6. The number of nitrogens with one attached hydrogen (secondary N) is 1. The van der Waals surface area contributed by atoms with Crippen LogP contribution in [-0.4, -0.2) is 20.9 Å². The van der Waals surface area contributed by atoms with Gasteiger partial charge in [0.05, 0.1) is 12.4 Å². The third-order valence-electron chi connectivity index (χ3n) is 2.27. The maximum atomic E-state index is 12.6. The monoisotopic (exact) mass is 345 g/mol. The van der Waals surface area contributed by atoms with Crippen molar-refractivity contribution in [3.8, 4) is 0 Å². The molecule has 0 saturated heterocycles. The minimum Gasteiger partial charge on any atom is -0.382 e. The van der Waals surface area contributed by atoms with Crippen molar-refractivity contribution in [3.63, 3.8) is 0 Å². The first-order valence-electron chi connectivity index (χ1n) is 6.81. The summed E-state index contributed by atoms with van der Waals surface area (Å²) in [5, 5.41) is 2.20. The first kappa shape index (κ1) is 19.3. The van der Waals surface area contributed by atoms with Crippen LogP contribution in [0.5, 0.6) is 0 Å². The number of rotatable bonds is 2. The summed E-state index contributed by atoms with van der Waals surface area (Å²) in [4.78, 5) is 21.7. The molecule has 0 radical (unpaired) electrons. The van der Waals surface area contributed by atoms with Gasteiger partial charge in [-0.15, -0.1) is 0 Å². The Labute approximate surface area is 135 Å². The van der Waals surface area contributed by atoms with E-state index in [1.54, 1.807) is 0 Å². The van der Waals surface area contributed by atoms with Crippen LogP contribution >= 0.6 is 0 Å². The van der Waals surface area contributed by atoms with Crippen LogP contribution in [0.25, 0.3) is 0 Å². The zero-order valence-corrected chi connectivity index (χ0v) is 12.9. The predicted molar refractivity (Wildman–Crippen MR) is 79.6 cm³/mol. The number of nitrogens with two attached hydrogens (primary N) is 1. The standard InChI is InChI=1S/C11H7F4N5O.C3H8/c12-5-1-2-7(17-3-5)20-10(21)8-9(16)19-6(4-18-8)11(13,14)15;1-3-2/h1-4H,(H2,16,19)(H,17,20,21);3H2,1-2H3. The summed E-state index contributed by atoms with van der Waals surface area (Å²) < 4.78 is 49.8. The molecule has 0 aromatic carbocycles. The van der Waals surface area contributed by atoms with E-state index >= 15 is 0 Å². The number of pyridine rings is 1. The highest BCUT2D eigenvalue weighted by atomic mass is 19.4. The van der Waals surface area contributed by atoms with Gasteiger partial charge in [-0.25, -0.2) is 19.3 Å². The molecule has 0 unspecified atom stereocenters. The number of carbonyl (C=O) groups is 1. The Bertz CT molecular complexity index is 689. The van der Waals surface area contributed by atoms with Gasteiger partial charge in [-0.05, 0) is 12.1 Å². The average molecular weight is 345 g/mol. The molecule has 6 nitrogen and oxygen atoms in total. The summed E-state index contributed by atoms with van der Waals surface area (Å²) in [5.41, 5.74) is 3.48. The molecule has 0 saturated carbocycles. The van der Waals surface area contributed by atoms with E-state index in [4.69, 9.17) is 5.73 Å².